The van der Waals surface area contributed by atoms with Crippen molar-refractivity contribution in [2.75, 3.05) is 32.8 Å². The van der Waals surface area contributed by atoms with Crippen LogP contribution in [-0.4, -0.2) is 63.0 Å². The lowest BCUT2D eigenvalue weighted by atomic mass is 9.96. The molecule has 1 atom stereocenters. The van der Waals surface area contributed by atoms with Gasteiger partial charge in [0.05, 0.1) is 17.5 Å². The van der Waals surface area contributed by atoms with E-state index in [9.17, 15) is 13.2 Å². The minimum atomic E-state index is -3.98. The van der Waals surface area contributed by atoms with Crippen LogP contribution in [0.5, 0.6) is 5.75 Å². The molecule has 1 aliphatic heterocycles. The number of nitrogens with zero attached hydrogens (tertiary/aromatic N) is 2. The van der Waals surface area contributed by atoms with Gasteiger partial charge in [-0.1, -0.05) is 91.0 Å². The van der Waals surface area contributed by atoms with Gasteiger partial charge < -0.3 is 9.64 Å². The smallest absolute Gasteiger partial charge is 0.241 e. The van der Waals surface area contributed by atoms with Crippen LogP contribution in [0.1, 0.15) is 35.2 Å². The molecule has 1 heterocycles. The molecule has 0 aromatic heterocycles. The fourth-order valence-electron chi connectivity index (χ4n) is 5.70. The van der Waals surface area contributed by atoms with Crippen molar-refractivity contribution in [2.24, 2.45) is 0 Å². The summed E-state index contributed by atoms with van der Waals surface area (Å²) in [5.74, 6) is 0.422. The molecule has 0 bridgehead atoms. The summed E-state index contributed by atoms with van der Waals surface area (Å²) in [5, 5.41) is 0. The SMILES string of the molecule is CCOc1ccc(S(=O)(=O)N[C@@H](Cc2ccccc2)C(=O)N2CCN(C(c3ccccc3)c3ccccc3)CC2)cc1C. The Balaban J connectivity index is 1.34. The molecule has 224 valence electrons. The molecular weight excluding hydrogens is 558 g/mol. The topological polar surface area (TPSA) is 78.9 Å². The monoisotopic (exact) mass is 597 g/mol. The first kappa shape index (κ1) is 30.5. The van der Waals surface area contributed by atoms with Gasteiger partial charge in [0.15, 0.2) is 0 Å². The van der Waals surface area contributed by atoms with E-state index in [0.29, 0.717) is 38.5 Å². The molecule has 7 nitrogen and oxygen atoms in total. The third kappa shape index (κ3) is 7.51. The molecule has 1 saturated heterocycles. The summed E-state index contributed by atoms with van der Waals surface area (Å²) in [4.78, 5) is 18.3. The van der Waals surface area contributed by atoms with Crippen LogP contribution >= 0.6 is 0 Å². The lowest BCUT2D eigenvalue weighted by Gasteiger charge is -2.40. The highest BCUT2D eigenvalue weighted by atomic mass is 32.2. The summed E-state index contributed by atoms with van der Waals surface area (Å²) < 4.78 is 35.5. The fraction of sp³-hybridized carbons (Fsp3) is 0.286. The van der Waals surface area contributed by atoms with Gasteiger partial charge in [-0.2, -0.15) is 4.72 Å². The van der Waals surface area contributed by atoms with Gasteiger partial charge in [-0.3, -0.25) is 9.69 Å². The Hall–Kier alpha value is -3.98. The molecule has 0 radical (unpaired) electrons. The summed E-state index contributed by atoms with van der Waals surface area (Å²) in [6.45, 7) is 6.53. The van der Waals surface area contributed by atoms with E-state index in [-0.39, 0.29) is 23.3 Å². The molecule has 4 aromatic carbocycles. The molecular formula is C35H39N3O4S. The highest BCUT2D eigenvalue weighted by Gasteiger charge is 2.33. The number of carbonyl (C=O) groups excluding carboxylic acids is 1. The van der Waals surface area contributed by atoms with Gasteiger partial charge in [-0.15, -0.1) is 0 Å². The van der Waals surface area contributed by atoms with Gasteiger partial charge in [-0.25, -0.2) is 8.42 Å². The second-order valence-corrected chi connectivity index (χ2v) is 12.5. The van der Waals surface area contributed by atoms with Crippen molar-refractivity contribution in [1.29, 1.82) is 0 Å². The number of hydrogen-bond donors (Lipinski definition) is 1. The van der Waals surface area contributed by atoms with Crippen molar-refractivity contribution in [3.63, 3.8) is 0 Å². The number of hydrogen-bond acceptors (Lipinski definition) is 5. The van der Waals surface area contributed by atoms with Gasteiger partial charge in [-0.05, 0) is 60.7 Å². The Kier molecular flexibility index (Phi) is 9.92. The van der Waals surface area contributed by atoms with Gasteiger partial charge in [0, 0.05) is 26.2 Å². The van der Waals surface area contributed by atoms with Gasteiger partial charge in [0.1, 0.15) is 11.8 Å². The minimum Gasteiger partial charge on any atom is -0.494 e. The van der Waals surface area contributed by atoms with Crippen molar-refractivity contribution < 1.29 is 17.9 Å². The Morgan fingerprint density at radius 1 is 0.814 bits per heavy atom. The van der Waals surface area contributed by atoms with E-state index in [4.69, 9.17) is 4.74 Å². The molecule has 1 N–H and O–H groups in total. The Labute approximate surface area is 255 Å². The summed E-state index contributed by atoms with van der Waals surface area (Å²) in [5.41, 5.74) is 4.01. The Morgan fingerprint density at radius 2 is 1.37 bits per heavy atom. The van der Waals surface area contributed by atoms with E-state index in [1.807, 2.05) is 56.3 Å². The number of piperazine rings is 1. The van der Waals surface area contributed by atoms with Crippen molar-refractivity contribution in [3.05, 3.63) is 131 Å². The molecule has 1 aliphatic rings. The van der Waals surface area contributed by atoms with E-state index in [2.05, 4.69) is 58.2 Å². The third-order valence-corrected chi connectivity index (χ3v) is 9.33. The molecule has 0 aliphatic carbocycles. The minimum absolute atomic E-state index is 0.0705. The first-order valence-electron chi connectivity index (χ1n) is 14.8. The van der Waals surface area contributed by atoms with Crippen LogP contribution in [0.25, 0.3) is 0 Å². The number of amides is 1. The van der Waals surface area contributed by atoms with Crippen LogP contribution in [0.15, 0.2) is 114 Å². The summed E-state index contributed by atoms with van der Waals surface area (Å²) in [7, 11) is -3.98. The molecule has 1 fully saturated rings. The van der Waals surface area contributed by atoms with Gasteiger partial charge in [0.25, 0.3) is 0 Å². The second kappa shape index (κ2) is 14.0. The molecule has 1 amide bonds. The largest absolute Gasteiger partial charge is 0.494 e. The maximum atomic E-state index is 14.0. The lowest BCUT2D eigenvalue weighted by molar-refractivity contribution is -0.135. The predicted molar refractivity (Wildman–Crippen MR) is 169 cm³/mol. The summed E-state index contributed by atoms with van der Waals surface area (Å²) in [6, 6.07) is 34.2. The quantitative estimate of drug-likeness (QED) is 0.257. The second-order valence-electron chi connectivity index (χ2n) is 10.8. The average Bonchev–Trinajstić information content (AvgIpc) is 3.03. The number of rotatable bonds is 11. The number of aryl methyl sites for hydroxylation is 1. The van der Waals surface area contributed by atoms with E-state index in [1.54, 1.807) is 17.0 Å². The fourth-order valence-corrected chi connectivity index (χ4v) is 6.97. The molecule has 0 spiro atoms. The van der Waals surface area contributed by atoms with E-state index < -0.39 is 16.1 Å². The first-order chi connectivity index (χ1) is 20.9. The van der Waals surface area contributed by atoms with Crippen LogP contribution in [0.2, 0.25) is 0 Å². The van der Waals surface area contributed by atoms with E-state index in [1.165, 1.54) is 17.2 Å². The Bertz CT molecular complexity index is 1550. The predicted octanol–water partition coefficient (Wildman–Crippen LogP) is 5.22. The van der Waals surface area contributed by atoms with Crippen LogP contribution in [0.3, 0.4) is 0 Å². The average molecular weight is 598 g/mol. The maximum Gasteiger partial charge on any atom is 0.241 e. The zero-order valence-electron chi connectivity index (χ0n) is 24.7. The standard InChI is InChI=1S/C35H39N3O4S/c1-3-42-33-20-19-31(25-27(33)2)43(40,41)36-32(26-28-13-7-4-8-14-28)35(39)38-23-21-37(22-24-38)34(29-15-9-5-10-16-29)30-17-11-6-12-18-30/h4-20,25,32,34,36H,3,21-24,26H2,1-2H3/t32-/m0/s1. The highest BCUT2D eigenvalue weighted by molar-refractivity contribution is 7.89. The zero-order valence-corrected chi connectivity index (χ0v) is 25.5. The van der Waals surface area contributed by atoms with Crippen LogP contribution in [-0.2, 0) is 21.2 Å². The van der Waals surface area contributed by atoms with Gasteiger partial charge >= 0.3 is 0 Å². The van der Waals surface area contributed by atoms with Crippen molar-refractivity contribution >= 4 is 15.9 Å². The van der Waals surface area contributed by atoms with Crippen molar-refractivity contribution in [2.45, 2.75) is 37.2 Å². The van der Waals surface area contributed by atoms with Crippen LogP contribution in [0, 0.1) is 6.92 Å². The maximum absolute atomic E-state index is 14.0. The van der Waals surface area contributed by atoms with Gasteiger partial charge in [0.2, 0.25) is 15.9 Å². The van der Waals surface area contributed by atoms with Crippen LogP contribution < -0.4 is 9.46 Å². The summed E-state index contributed by atoms with van der Waals surface area (Å²) >= 11 is 0. The molecule has 4 aromatic rings. The molecule has 8 heteroatoms. The van der Waals surface area contributed by atoms with E-state index in [0.717, 1.165) is 11.1 Å². The van der Waals surface area contributed by atoms with Crippen molar-refractivity contribution in [1.82, 2.24) is 14.5 Å². The van der Waals surface area contributed by atoms with E-state index >= 15 is 0 Å². The number of nitrogens with one attached hydrogen (secondary N) is 1. The normalized spacial score (nSPS) is 14.9. The third-order valence-electron chi connectivity index (χ3n) is 7.86. The molecule has 0 saturated carbocycles. The Morgan fingerprint density at radius 3 is 1.91 bits per heavy atom. The summed E-state index contributed by atoms with van der Waals surface area (Å²) in [6.07, 6.45) is 0.256. The number of benzene rings is 4. The zero-order chi connectivity index (χ0) is 30.2. The molecule has 0 unspecified atom stereocenters. The number of sulfonamides is 1. The highest BCUT2D eigenvalue weighted by Crippen LogP contribution is 2.30. The van der Waals surface area contributed by atoms with Crippen LogP contribution in [0.4, 0.5) is 0 Å². The first-order valence-corrected chi connectivity index (χ1v) is 16.3. The lowest BCUT2D eigenvalue weighted by Crippen LogP contribution is -2.56. The molecule has 43 heavy (non-hydrogen) atoms. The molecule has 5 rings (SSSR count). The van der Waals surface area contributed by atoms with Crippen molar-refractivity contribution in [3.8, 4) is 5.75 Å². The number of carbonyl (C=O) groups is 1. The number of ether oxygens (including phenoxy) is 1.